The molecule has 84 valence electrons. The van der Waals surface area contributed by atoms with Crippen LogP contribution in [0, 0.1) is 6.92 Å². The Balaban J connectivity index is 2.39. The van der Waals surface area contributed by atoms with Crippen LogP contribution in [0.1, 0.15) is 22.0 Å². The fraction of sp³-hybridized carbons (Fsp3) is 0.167. The van der Waals surface area contributed by atoms with Crippen molar-refractivity contribution in [1.82, 2.24) is 0 Å². The minimum atomic E-state index is -0.149. The summed E-state index contributed by atoms with van der Waals surface area (Å²) in [4.78, 5) is 1.12. The van der Waals surface area contributed by atoms with Gasteiger partial charge in [0.05, 0.1) is 9.83 Å². The van der Waals surface area contributed by atoms with Crippen LogP contribution in [0.5, 0.6) is 0 Å². The highest BCUT2D eigenvalue weighted by Gasteiger charge is 2.15. The second-order valence-electron chi connectivity index (χ2n) is 3.60. The van der Waals surface area contributed by atoms with Gasteiger partial charge in [0, 0.05) is 9.90 Å². The predicted molar refractivity (Wildman–Crippen MR) is 74.2 cm³/mol. The molecule has 2 N–H and O–H groups in total. The standard InChI is InChI=1S/C12H11BrClNS/c1-7-6-10(16-12(7)13)11(15)8-4-2-3-5-9(8)14/h2-6,11H,15H2,1H3. The van der Waals surface area contributed by atoms with Crippen molar-refractivity contribution in [2.75, 3.05) is 0 Å². The van der Waals surface area contributed by atoms with Crippen LogP contribution >= 0.6 is 38.9 Å². The number of aryl methyl sites for hydroxylation is 1. The lowest BCUT2D eigenvalue weighted by Gasteiger charge is -2.11. The Morgan fingerprint density at radius 3 is 2.62 bits per heavy atom. The lowest BCUT2D eigenvalue weighted by molar-refractivity contribution is 0.893. The third kappa shape index (κ3) is 2.33. The molecule has 1 aromatic heterocycles. The van der Waals surface area contributed by atoms with Crippen LogP contribution in [0.25, 0.3) is 0 Å². The van der Waals surface area contributed by atoms with Gasteiger partial charge in [-0.3, -0.25) is 0 Å². The fourth-order valence-electron chi connectivity index (χ4n) is 1.52. The maximum absolute atomic E-state index is 6.20. The normalized spacial score (nSPS) is 12.8. The number of rotatable bonds is 2. The van der Waals surface area contributed by atoms with Gasteiger partial charge in [0.15, 0.2) is 0 Å². The van der Waals surface area contributed by atoms with Crippen LogP contribution in [-0.4, -0.2) is 0 Å². The number of hydrogen-bond acceptors (Lipinski definition) is 2. The van der Waals surface area contributed by atoms with Crippen molar-refractivity contribution in [3.05, 3.63) is 55.1 Å². The molecule has 2 aromatic rings. The van der Waals surface area contributed by atoms with Crippen molar-refractivity contribution >= 4 is 38.9 Å². The summed E-state index contributed by atoms with van der Waals surface area (Å²) in [5.41, 5.74) is 8.39. The Bertz CT molecular complexity index is 490. The molecule has 0 radical (unpaired) electrons. The molecule has 0 saturated heterocycles. The van der Waals surface area contributed by atoms with Gasteiger partial charge >= 0.3 is 0 Å². The number of halogens is 2. The van der Waals surface area contributed by atoms with Gasteiger partial charge in [-0.25, -0.2) is 0 Å². The van der Waals surface area contributed by atoms with Gasteiger partial charge in [-0.1, -0.05) is 29.8 Å². The zero-order valence-electron chi connectivity index (χ0n) is 8.71. The Kier molecular flexibility index (Phi) is 3.70. The number of benzene rings is 1. The Morgan fingerprint density at radius 2 is 2.06 bits per heavy atom. The summed E-state index contributed by atoms with van der Waals surface area (Å²) >= 11 is 11.3. The van der Waals surface area contributed by atoms with E-state index in [-0.39, 0.29) is 6.04 Å². The summed E-state index contributed by atoms with van der Waals surface area (Å²) in [5, 5.41) is 0.720. The summed E-state index contributed by atoms with van der Waals surface area (Å²) in [7, 11) is 0. The van der Waals surface area contributed by atoms with Gasteiger partial charge in [-0.15, -0.1) is 11.3 Å². The van der Waals surface area contributed by atoms with Gasteiger partial charge in [0.25, 0.3) is 0 Å². The maximum Gasteiger partial charge on any atom is 0.0731 e. The molecule has 0 bridgehead atoms. The molecule has 1 atom stereocenters. The molecule has 1 aromatic carbocycles. The van der Waals surface area contributed by atoms with E-state index in [1.165, 1.54) is 5.56 Å². The van der Waals surface area contributed by atoms with E-state index in [4.69, 9.17) is 17.3 Å². The van der Waals surface area contributed by atoms with Crippen LogP contribution in [0.3, 0.4) is 0 Å². The van der Waals surface area contributed by atoms with E-state index < -0.39 is 0 Å². The molecule has 2 rings (SSSR count). The average Bonchev–Trinajstić information content (AvgIpc) is 2.59. The first-order valence-electron chi connectivity index (χ1n) is 4.85. The monoisotopic (exact) mass is 315 g/mol. The van der Waals surface area contributed by atoms with Crippen LogP contribution in [-0.2, 0) is 0 Å². The van der Waals surface area contributed by atoms with E-state index in [1.54, 1.807) is 11.3 Å². The smallest absolute Gasteiger partial charge is 0.0731 e. The van der Waals surface area contributed by atoms with Crippen molar-refractivity contribution in [3.63, 3.8) is 0 Å². The molecule has 4 heteroatoms. The number of hydrogen-bond donors (Lipinski definition) is 1. The minimum absolute atomic E-state index is 0.149. The van der Waals surface area contributed by atoms with Gasteiger partial charge in [-0.2, -0.15) is 0 Å². The van der Waals surface area contributed by atoms with Crippen LogP contribution in [0.2, 0.25) is 5.02 Å². The molecule has 0 saturated carbocycles. The molecule has 0 aliphatic heterocycles. The predicted octanol–water partition coefficient (Wildman–Crippen LogP) is 4.52. The van der Waals surface area contributed by atoms with Crippen molar-refractivity contribution in [3.8, 4) is 0 Å². The molecule has 0 aliphatic rings. The number of nitrogens with two attached hydrogens (primary N) is 1. The Labute approximate surface area is 112 Å². The van der Waals surface area contributed by atoms with E-state index in [0.717, 1.165) is 19.2 Å². The lowest BCUT2D eigenvalue weighted by atomic mass is 10.1. The molecule has 0 amide bonds. The zero-order valence-corrected chi connectivity index (χ0v) is 11.9. The topological polar surface area (TPSA) is 26.0 Å². The molecule has 16 heavy (non-hydrogen) atoms. The second kappa shape index (κ2) is 4.88. The molecule has 1 heterocycles. The summed E-state index contributed by atoms with van der Waals surface area (Å²) in [6.45, 7) is 2.06. The van der Waals surface area contributed by atoms with Crippen LogP contribution in [0.4, 0.5) is 0 Å². The van der Waals surface area contributed by atoms with E-state index in [0.29, 0.717) is 0 Å². The quantitative estimate of drug-likeness (QED) is 0.866. The minimum Gasteiger partial charge on any atom is -0.320 e. The van der Waals surface area contributed by atoms with E-state index >= 15 is 0 Å². The van der Waals surface area contributed by atoms with Gasteiger partial charge in [-0.05, 0) is 46.1 Å². The van der Waals surface area contributed by atoms with Crippen LogP contribution < -0.4 is 5.73 Å². The highest BCUT2D eigenvalue weighted by Crippen LogP contribution is 2.34. The Hall–Kier alpha value is -0.350. The van der Waals surface area contributed by atoms with Crippen molar-refractivity contribution in [2.24, 2.45) is 5.73 Å². The molecule has 1 nitrogen and oxygen atoms in total. The van der Waals surface area contributed by atoms with Crippen molar-refractivity contribution < 1.29 is 0 Å². The summed E-state index contributed by atoms with van der Waals surface area (Å²) in [6.07, 6.45) is 0. The average molecular weight is 317 g/mol. The molecule has 0 spiro atoms. The van der Waals surface area contributed by atoms with Gasteiger partial charge < -0.3 is 5.73 Å². The SMILES string of the molecule is Cc1cc(C(N)c2ccccc2Cl)sc1Br. The Morgan fingerprint density at radius 1 is 1.38 bits per heavy atom. The van der Waals surface area contributed by atoms with Crippen molar-refractivity contribution in [1.29, 1.82) is 0 Å². The number of thiophene rings is 1. The van der Waals surface area contributed by atoms with Crippen molar-refractivity contribution in [2.45, 2.75) is 13.0 Å². The lowest BCUT2D eigenvalue weighted by Crippen LogP contribution is -2.10. The first-order valence-corrected chi connectivity index (χ1v) is 6.84. The first kappa shape index (κ1) is 12.1. The summed E-state index contributed by atoms with van der Waals surface area (Å²) < 4.78 is 1.13. The molecule has 0 aliphatic carbocycles. The third-order valence-electron chi connectivity index (χ3n) is 2.42. The zero-order chi connectivity index (χ0) is 11.7. The highest BCUT2D eigenvalue weighted by molar-refractivity contribution is 9.11. The molecule has 1 unspecified atom stereocenters. The van der Waals surface area contributed by atoms with E-state index in [2.05, 4.69) is 28.9 Å². The van der Waals surface area contributed by atoms with Crippen LogP contribution in [0.15, 0.2) is 34.1 Å². The van der Waals surface area contributed by atoms with E-state index in [1.807, 2.05) is 24.3 Å². The first-order chi connectivity index (χ1) is 7.59. The third-order valence-corrected chi connectivity index (χ3v) is 4.99. The van der Waals surface area contributed by atoms with Gasteiger partial charge in [0.1, 0.15) is 0 Å². The molecular formula is C12H11BrClNS. The maximum atomic E-state index is 6.20. The summed E-state index contributed by atoms with van der Waals surface area (Å²) in [5.74, 6) is 0. The largest absolute Gasteiger partial charge is 0.320 e. The fourth-order valence-corrected chi connectivity index (χ4v) is 3.36. The highest BCUT2D eigenvalue weighted by atomic mass is 79.9. The summed E-state index contributed by atoms with van der Waals surface area (Å²) in [6, 6.07) is 9.65. The van der Waals surface area contributed by atoms with E-state index in [9.17, 15) is 0 Å². The molecular weight excluding hydrogens is 306 g/mol. The molecule has 0 fully saturated rings. The second-order valence-corrected chi connectivity index (χ2v) is 6.41. The van der Waals surface area contributed by atoms with Gasteiger partial charge in [0.2, 0.25) is 0 Å².